The highest BCUT2D eigenvalue weighted by molar-refractivity contribution is 7.89. The zero-order chi connectivity index (χ0) is 29.1. The maximum atomic E-state index is 13.6. The van der Waals surface area contributed by atoms with Crippen LogP contribution >= 0.6 is 11.6 Å². The van der Waals surface area contributed by atoms with Crippen LogP contribution in [-0.4, -0.2) is 25.4 Å². The van der Waals surface area contributed by atoms with E-state index in [0.29, 0.717) is 11.8 Å². The summed E-state index contributed by atoms with van der Waals surface area (Å²) >= 11 is 6.52. The number of sulfonamides is 1. The van der Waals surface area contributed by atoms with Crippen LogP contribution in [0.15, 0.2) is 87.0 Å². The maximum absolute atomic E-state index is 13.6. The van der Waals surface area contributed by atoms with Crippen LogP contribution < -0.4 is 15.1 Å². The van der Waals surface area contributed by atoms with Crippen LogP contribution in [0.25, 0.3) is 21.9 Å². The van der Waals surface area contributed by atoms with Gasteiger partial charge in [-0.2, -0.15) is 4.72 Å². The van der Waals surface area contributed by atoms with Gasteiger partial charge in [0.2, 0.25) is 10.0 Å². The highest BCUT2D eigenvalue weighted by Gasteiger charge is 2.29. The molecule has 0 amide bonds. The van der Waals surface area contributed by atoms with Crippen LogP contribution in [0.1, 0.15) is 36.5 Å². The number of aryl methyl sites for hydroxylation is 2. The number of benzene rings is 3. The minimum atomic E-state index is -4.09. The molecular formula is C31H29ClN2O6S. The third-order valence-electron chi connectivity index (χ3n) is 6.91. The molecule has 0 aliphatic carbocycles. The second-order valence-electron chi connectivity index (χ2n) is 9.94. The van der Waals surface area contributed by atoms with Crippen molar-refractivity contribution in [2.45, 2.75) is 50.5 Å². The number of H-pyrrole nitrogens is 1. The molecule has 10 heteroatoms. The Hall–Kier alpha value is -3.92. The summed E-state index contributed by atoms with van der Waals surface area (Å²) in [5.74, 6) is -0.907. The first-order valence-corrected chi connectivity index (χ1v) is 15.1. The first-order valence-electron chi connectivity index (χ1n) is 13.3. The van der Waals surface area contributed by atoms with Crippen LogP contribution in [0.5, 0.6) is 5.75 Å². The van der Waals surface area contributed by atoms with E-state index in [1.165, 1.54) is 24.3 Å². The summed E-state index contributed by atoms with van der Waals surface area (Å²) in [6.07, 6.45) is 4.24. The van der Waals surface area contributed by atoms with Gasteiger partial charge in [0.15, 0.2) is 5.75 Å². The zero-order valence-electron chi connectivity index (χ0n) is 22.6. The summed E-state index contributed by atoms with van der Waals surface area (Å²) < 4.78 is 40.2. The van der Waals surface area contributed by atoms with Crippen molar-refractivity contribution in [3.05, 3.63) is 105 Å². The summed E-state index contributed by atoms with van der Waals surface area (Å²) in [5, 5.41) is 1.63. The number of halogens is 1. The standard InChI is InChI=1S/C31H29ClN2O6S/c1-3-4-7-20-15-30(35)39-28-17-29(25(32)16-24(20)28)40-31(36)27(14-21-18-33-26-9-6-5-8-23(21)26)34-41(37,38)22-12-10-19(2)11-13-22/h5-6,8-13,15-18,27,33-34H,3-4,7,14H2,1-2H3/t27-/m1/s1. The molecule has 0 fully saturated rings. The lowest BCUT2D eigenvalue weighted by Gasteiger charge is -2.18. The number of aromatic nitrogens is 1. The number of nitrogens with one attached hydrogen (secondary N) is 2. The number of carbonyl (C=O) groups excluding carboxylic acids is 1. The molecule has 0 radical (unpaired) electrons. The van der Waals surface area contributed by atoms with E-state index < -0.39 is 27.7 Å². The number of hydrogen-bond acceptors (Lipinski definition) is 6. The van der Waals surface area contributed by atoms with Gasteiger partial charge in [0.05, 0.1) is 9.92 Å². The molecule has 212 valence electrons. The molecule has 0 saturated carbocycles. The van der Waals surface area contributed by atoms with Crippen molar-refractivity contribution in [3.8, 4) is 5.75 Å². The van der Waals surface area contributed by atoms with E-state index in [0.717, 1.165) is 40.4 Å². The van der Waals surface area contributed by atoms with Crippen LogP contribution in [0.3, 0.4) is 0 Å². The molecule has 8 nitrogen and oxygen atoms in total. The topological polar surface area (TPSA) is 118 Å². The third kappa shape index (κ3) is 6.37. The van der Waals surface area contributed by atoms with E-state index in [2.05, 4.69) is 16.6 Å². The number of unbranched alkanes of at least 4 members (excludes halogenated alkanes) is 1. The van der Waals surface area contributed by atoms with Gasteiger partial charge in [-0.3, -0.25) is 0 Å². The second kappa shape index (κ2) is 11.9. The molecule has 0 aliphatic heterocycles. The molecular weight excluding hydrogens is 564 g/mol. The Kier molecular flexibility index (Phi) is 8.30. The fraction of sp³-hybridized carbons (Fsp3) is 0.226. The number of aromatic amines is 1. The van der Waals surface area contributed by atoms with Gasteiger partial charge in [0.1, 0.15) is 11.6 Å². The predicted octanol–water partition coefficient (Wildman–Crippen LogP) is 6.07. The first kappa shape index (κ1) is 28.6. The van der Waals surface area contributed by atoms with Gasteiger partial charge in [0, 0.05) is 41.0 Å². The minimum absolute atomic E-state index is 0.00931. The second-order valence-corrected chi connectivity index (χ2v) is 12.1. The van der Waals surface area contributed by atoms with Gasteiger partial charge in [-0.05, 0) is 55.2 Å². The summed E-state index contributed by atoms with van der Waals surface area (Å²) in [7, 11) is -4.09. The number of hydrogen-bond donors (Lipinski definition) is 2. The molecule has 0 saturated heterocycles. The molecule has 3 aromatic carbocycles. The highest BCUT2D eigenvalue weighted by Crippen LogP contribution is 2.32. The lowest BCUT2D eigenvalue weighted by Crippen LogP contribution is -2.44. The van der Waals surface area contributed by atoms with Crippen LogP contribution in [-0.2, 0) is 27.7 Å². The molecule has 0 unspecified atom stereocenters. The van der Waals surface area contributed by atoms with E-state index in [1.807, 2.05) is 31.2 Å². The van der Waals surface area contributed by atoms with Crippen molar-refractivity contribution in [1.82, 2.24) is 9.71 Å². The van der Waals surface area contributed by atoms with Crippen molar-refractivity contribution in [2.24, 2.45) is 0 Å². The lowest BCUT2D eigenvalue weighted by atomic mass is 10.0. The Morgan fingerprint density at radius 3 is 2.56 bits per heavy atom. The highest BCUT2D eigenvalue weighted by atomic mass is 35.5. The van der Waals surface area contributed by atoms with Crippen LogP contribution in [0, 0.1) is 6.92 Å². The van der Waals surface area contributed by atoms with Crippen molar-refractivity contribution in [2.75, 3.05) is 0 Å². The molecule has 2 heterocycles. The van der Waals surface area contributed by atoms with Crippen molar-refractivity contribution in [1.29, 1.82) is 0 Å². The van der Waals surface area contributed by atoms with Gasteiger partial charge < -0.3 is 14.1 Å². The largest absolute Gasteiger partial charge is 0.424 e. The molecule has 5 aromatic rings. The maximum Gasteiger partial charge on any atom is 0.336 e. The van der Waals surface area contributed by atoms with Gasteiger partial charge in [0.25, 0.3) is 0 Å². The SMILES string of the molecule is CCCCc1cc(=O)oc2cc(OC(=O)[C@@H](Cc3c[nH]c4ccccc34)NS(=O)(=O)c3ccc(C)cc3)c(Cl)cc12. The summed E-state index contributed by atoms with van der Waals surface area (Å²) in [5.41, 5.74) is 2.97. The smallest absolute Gasteiger partial charge is 0.336 e. The van der Waals surface area contributed by atoms with E-state index in [1.54, 1.807) is 24.4 Å². The average molecular weight is 593 g/mol. The van der Waals surface area contributed by atoms with E-state index in [-0.39, 0.29) is 27.7 Å². The first-order chi connectivity index (χ1) is 19.6. The minimum Gasteiger partial charge on any atom is -0.424 e. The Bertz CT molecular complexity index is 1890. The Morgan fingerprint density at radius 2 is 1.80 bits per heavy atom. The van der Waals surface area contributed by atoms with Crippen molar-refractivity contribution < 1.29 is 22.4 Å². The fourth-order valence-electron chi connectivity index (χ4n) is 4.73. The van der Waals surface area contributed by atoms with Gasteiger partial charge in [-0.25, -0.2) is 18.0 Å². The van der Waals surface area contributed by atoms with Crippen molar-refractivity contribution in [3.63, 3.8) is 0 Å². The number of carbonyl (C=O) groups is 1. The summed E-state index contributed by atoms with van der Waals surface area (Å²) in [6, 6.07) is 17.0. The normalized spacial score (nSPS) is 12.6. The Labute approximate surface area is 242 Å². The lowest BCUT2D eigenvalue weighted by molar-refractivity contribution is -0.136. The molecule has 2 N–H and O–H groups in total. The molecule has 0 spiro atoms. The Balaban J connectivity index is 1.49. The summed E-state index contributed by atoms with van der Waals surface area (Å²) in [4.78, 5) is 29.0. The van der Waals surface area contributed by atoms with Crippen molar-refractivity contribution >= 4 is 49.5 Å². The molecule has 0 aliphatic rings. The molecule has 1 atom stereocenters. The monoisotopic (exact) mass is 592 g/mol. The van der Waals surface area contributed by atoms with Gasteiger partial charge >= 0.3 is 11.6 Å². The number of fused-ring (bicyclic) bond motifs is 2. The molecule has 0 bridgehead atoms. The number of para-hydroxylation sites is 1. The molecule has 2 aromatic heterocycles. The average Bonchev–Trinajstić information content (AvgIpc) is 3.35. The Morgan fingerprint density at radius 1 is 1.05 bits per heavy atom. The molecule has 41 heavy (non-hydrogen) atoms. The van der Waals surface area contributed by atoms with E-state index in [9.17, 15) is 18.0 Å². The number of rotatable bonds is 10. The predicted molar refractivity (Wildman–Crippen MR) is 159 cm³/mol. The summed E-state index contributed by atoms with van der Waals surface area (Å²) in [6.45, 7) is 3.90. The third-order valence-corrected chi connectivity index (χ3v) is 8.69. The van der Waals surface area contributed by atoms with E-state index in [4.69, 9.17) is 20.8 Å². The van der Waals surface area contributed by atoms with Gasteiger partial charge in [-0.15, -0.1) is 0 Å². The van der Waals surface area contributed by atoms with Gasteiger partial charge in [-0.1, -0.05) is 60.8 Å². The quantitative estimate of drug-likeness (QED) is 0.115. The van der Waals surface area contributed by atoms with Crippen LogP contribution in [0.4, 0.5) is 0 Å². The molecule has 5 rings (SSSR count). The zero-order valence-corrected chi connectivity index (χ0v) is 24.1. The fourth-order valence-corrected chi connectivity index (χ4v) is 6.11. The number of ether oxygens (including phenoxy) is 1. The van der Waals surface area contributed by atoms with E-state index >= 15 is 0 Å². The number of esters is 1. The van der Waals surface area contributed by atoms with Crippen LogP contribution in [0.2, 0.25) is 5.02 Å².